The highest BCUT2D eigenvalue weighted by molar-refractivity contribution is 7.94. The molecule has 0 radical (unpaired) electrons. The molecule has 0 aliphatic carbocycles. The topological polar surface area (TPSA) is 54.5 Å². The zero-order valence-corrected chi connectivity index (χ0v) is 15.1. The highest BCUT2D eigenvalue weighted by Crippen LogP contribution is 2.26. The van der Waals surface area contributed by atoms with Gasteiger partial charge in [0.25, 0.3) is 5.91 Å². The van der Waals surface area contributed by atoms with E-state index >= 15 is 0 Å². The standard InChI is InChI=1S/C20H21NO3S/c1-15(2)16-8-10-18(11-9-16)21(19-12-13-25(23,24)14-19)20(22)17-6-4-3-5-7-17/h3-13,15,19H,14H2,1-2H3/t19-/m0/s1. The Bertz CT molecular complexity index is 884. The fourth-order valence-corrected chi connectivity index (χ4v) is 4.19. The Balaban J connectivity index is 2.00. The molecule has 0 saturated carbocycles. The highest BCUT2D eigenvalue weighted by atomic mass is 32.2. The summed E-state index contributed by atoms with van der Waals surface area (Å²) in [6.45, 7) is 4.21. The van der Waals surface area contributed by atoms with Gasteiger partial charge >= 0.3 is 0 Å². The van der Waals surface area contributed by atoms with Crippen LogP contribution in [0.5, 0.6) is 0 Å². The lowest BCUT2D eigenvalue weighted by Crippen LogP contribution is -2.41. The maximum atomic E-state index is 13.1. The Morgan fingerprint density at radius 3 is 2.20 bits per heavy atom. The third kappa shape index (κ3) is 3.82. The van der Waals surface area contributed by atoms with Crippen LogP contribution in [0.2, 0.25) is 0 Å². The van der Waals surface area contributed by atoms with Crippen LogP contribution >= 0.6 is 0 Å². The van der Waals surface area contributed by atoms with E-state index in [9.17, 15) is 13.2 Å². The molecule has 1 aliphatic rings. The number of sulfone groups is 1. The first-order valence-electron chi connectivity index (χ1n) is 8.27. The molecule has 0 N–H and O–H groups in total. The summed E-state index contributed by atoms with van der Waals surface area (Å²) in [7, 11) is -3.26. The number of carbonyl (C=O) groups is 1. The first-order chi connectivity index (χ1) is 11.9. The van der Waals surface area contributed by atoms with Crippen LogP contribution in [-0.2, 0) is 9.84 Å². The lowest BCUT2D eigenvalue weighted by Gasteiger charge is -2.28. The molecule has 5 heteroatoms. The van der Waals surface area contributed by atoms with Gasteiger partial charge in [-0.05, 0) is 41.8 Å². The van der Waals surface area contributed by atoms with E-state index in [0.29, 0.717) is 17.2 Å². The Morgan fingerprint density at radius 1 is 1.04 bits per heavy atom. The second-order valence-electron chi connectivity index (χ2n) is 6.51. The van der Waals surface area contributed by atoms with Crippen molar-refractivity contribution in [3.63, 3.8) is 0 Å². The summed E-state index contributed by atoms with van der Waals surface area (Å²) in [4.78, 5) is 14.6. The van der Waals surface area contributed by atoms with Gasteiger partial charge in [0.2, 0.25) is 0 Å². The third-order valence-electron chi connectivity index (χ3n) is 4.32. The predicted molar refractivity (Wildman–Crippen MR) is 100 cm³/mol. The van der Waals surface area contributed by atoms with E-state index in [4.69, 9.17) is 0 Å². The predicted octanol–water partition coefficient (Wildman–Crippen LogP) is 3.77. The van der Waals surface area contributed by atoms with Gasteiger partial charge in [-0.1, -0.05) is 44.2 Å². The largest absolute Gasteiger partial charge is 0.300 e. The van der Waals surface area contributed by atoms with E-state index in [-0.39, 0.29) is 11.7 Å². The molecule has 1 aliphatic heterocycles. The van der Waals surface area contributed by atoms with Gasteiger partial charge in [0, 0.05) is 16.7 Å². The minimum atomic E-state index is -3.26. The smallest absolute Gasteiger partial charge is 0.258 e. The van der Waals surface area contributed by atoms with Crippen molar-refractivity contribution >= 4 is 21.4 Å². The minimum absolute atomic E-state index is 0.0858. The van der Waals surface area contributed by atoms with Crippen LogP contribution in [0.1, 0.15) is 35.7 Å². The zero-order chi connectivity index (χ0) is 18.0. The molecule has 0 fully saturated rings. The van der Waals surface area contributed by atoms with Gasteiger partial charge in [-0.2, -0.15) is 0 Å². The Morgan fingerprint density at radius 2 is 1.68 bits per heavy atom. The molecule has 1 amide bonds. The molecule has 1 atom stereocenters. The first kappa shape index (κ1) is 17.4. The lowest BCUT2D eigenvalue weighted by atomic mass is 10.0. The second-order valence-corrected chi connectivity index (χ2v) is 8.44. The van der Waals surface area contributed by atoms with Crippen molar-refractivity contribution in [3.8, 4) is 0 Å². The SMILES string of the molecule is CC(C)c1ccc(N(C(=O)c2ccccc2)[C@H]2C=CS(=O)(=O)C2)cc1. The van der Waals surface area contributed by atoms with Crippen molar-refractivity contribution in [3.05, 3.63) is 77.2 Å². The summed E-state index contributed by atoms with van der Waals surface area (Å²) in [5.74, 6) is 0.0982. The summed E-state index contributed by atoms with van der Waals surface area (Å²) in [5.41, 5.74) is 2.41. The fraction of sp³-hybridized carbons (Fsp3) is 0.250. The highest BCUT2D eigenvalue weighted by Gasteiger charge is 2.31. The molecule has 2 aromatic carbocycles. The van der Waals surface area contributed by atoms with Gasteiger partial charge in [-0.15, -0.1) is 0 Å². The van der Waals surface area contributed by atoms with Crippen molar-refractivity contribution in [2.45, 2.75) is 25.8 Å². The summed E-state index contributed by atoms with van der Waals surface area (Å²) >= 11 is 0. The van der Waals surface area contributed by atoms with E-state index in [2.05, 4.69) is 13.8 Å². The summed E-state index contributed by atoms with van der Waals surface area (Å²) < 4.78 is 23.7. The fourth-order valence-electron chi connectivity index (χ4n) is 2.92. The van der Waals surface area contributed by atoms with Crippen LogP contribution in [0.4, 0.5) is 5.69 Å². The summed E-state index contributed by atoms with van der Waals surface area (Å²) in [5, 5.41) is 1.20. The molecule has 25 heavy (non-hydrogen) atoms. The molecular formula is C20H21NO3S. The number of benzene rings is 2. The van der Waals surface area contributed by atoms with Gasteiger partial charge in [-0.3, -0.25) is 4.79 Å². The summed E-state index contributed by atoms with van der Waals surface area (Å²) in [6, 6.07) is 16.2. The van der Waals surface area contributed by atoms with Crippen LogP contribution in [0.25, 0.3) is 0 Å². The monoisotopic (exact) mass is 355 g/mol. The van der Waals surface area contributed by atoms with Crippen molar-refractivity contribution in [1.82, 2.24) is 0 Å². The molecule has 2 aromatic rings. The van der Waals surface area contributed by atoms with Gasteiger partial charge in [0.05, 0.1) is 11.8 Å². The molecule has 3 rings (SSSR count). The third-order valence-corrected chi connectivity index (χ3v) is 5.70. The number of anilines is 1. The van der Waals surface area contributed by atoms with Gasteiger partial charge in [0.15, 0.2) is 9.84 Å². The molecule has 0 saturated heterocycles. The van der Waals surface area contributed by atoms with Crippen LogP contribution in [0.3, 0.4) is 0 Å². The minimum Gasteiger partial charge on any atom is -0.300 e. The molecule has 4 nitrogen and oxygen atoms in total. The van der Waals surface area contributed by atoms with Crippen molar-refractivity contribution in [1.29, 1.82) is 0 Å². The van der Waals surface area contributed by atoms with Crippen LogP contribution < -0.4 is 4.90 Å². The first-order valence-corrected chi connectivity index (χ1v) is 9.98. The lowest BCUT2D eigenvalue weighted by molar-refractivity contribution is 0.0983. The van der Waals surface area contributed by atoms with Crippen LogP contribution in [0, 0.1) is 0 Å². The zero-order valence-electron chi connectivity index (χ0n) is 14.3. The van der Waals surface area contributed by atoms with Gasteiger partial charge in [-0.25, -0.2) is 8.42 Å². The summed E-state index contributed by atoms with van der Waals surface area (Å²) in [6.07, 6.45) is 1.59. The average Bonchev–Trinajstić information content (AvgIpc) is 2.96. The molecule has 0 spiro atoms. The Hall–Kier alpha value is -2.40. The average molecular weight is 355 g/mol. The number of hydrogen-bond donors (Lipinski definition) is 0. The quantitative estimate of drug-likeness (QED) is 0.839. The maximum absolute atomic E-state index is 13.1. The Labute approximate surface area is 148 Å². The second kappa shape index (κ2) is 6.84. The van der Waals surface area contributed by atoms with Crippen LogP contribution in [-0.4, -0.2) is 26.1 Å². The van der Waals surface area contributed by atoms with E-state index in [1.54, 1.807) is 35.2 Å². The molecule has 1 heterocycles. The van der Waals surface area contributed by atoms with Crippen LogP contribution in [0.15, 0.2) is 66.1 Å². The van der Waals surface area contributed by atoms with E-state index < -0.39 is 15.9 Å². The van der Waals surface area contributed by atoms with Crippen molar-refractivity contribution in [2.24, 2.45) is 0 Å². The van der Waals surface area contributed by atoms with E-state index in [1.165, 1.54) is 11.0 Å². The Kier molecular flexibility index (Phi) is 4.77. The van der Waals surface area contributed by atoms with E-state index in [1.807, 2.05) is 30.3 Å². The molecular weight excluding hydrogens is 334 g/mol. The number of nitrogens with zero attached hydrogens (tertiary/aromatic N) is 1. The number of amides is 1. The number of carbonyl (C=O) groups excluding carboxylic acids is 1. The van der Waals surface area contributed by atoms with Crippen molar-refractivity contribution < 1.29 is 13.2 Å². The van der Waals surface area contributed by atoms with Crippen molar-refractivity contribution in [2.75, 3.05) is 10.7 Å². The molecule has 0 aromatic heterocycles. The molecule has 0 bridgehead atoms. The maximum Gasteiger partial charge on any atom is 0.258 e. The van der Waals surface area contributed by atoms with Gasteiger partial charge in [0.1, 0.15) is 0 Å². The molecule has 130 valence electrons. The number of hydrogen-bond acceptors (Lipinski definition) is 3. The number of rotatable bonds is 4. The normalized spacial score (nSPS) is 18.4. The van der Waals surface area contributed by atoms with Gasteiger partial charge < -0.3 is 4.90 Å². The molecule has 0 unspecified atom stereocenters. The van der Waals surface area contributed by atoms with E-state index in [0.717, 1.165) is 0 Å².